The van der Waals surface area contributed by atoms with Gasteiger partial charge in [-0.15, -0.1) is 0 Å². The summed E-state index contributed by atoms with van der Waals surface area (Å²) in [5.74, 6) is -0.739. The second-order valence-corrected chi connectivity index (χ2v) is 4.57. The van der Waals surface area contributed by atoms with Crippen LogP contribution in [0.5, 0.6) is 23.0 Å². The molecule has 0 aromatic heterocycles. The van der Waals surface area contributed by atoms with E-state index in [0.717, 1.165) is 6.07 Å². The Balaban J connectivity index is 2.11. The van der Waals surface area contributed by atoms with Gasteiger partial charge in [0.15, 0.2) is 11.5 Å². The van der Waals surface area contributed by atoms with Crippen LogP contribution in [-0.4, -0.2) is 36.5 Å². The fourth-order valence-electron chi connectivity index (χ4n) is 1.89. The van der Waals surface area contributed by atoms with Gasteiger partial charge in [0.2, 0.25) is 0 Å². The molecular weight excluding hydrogens is 318 g/mol. The van der Waals surface area contributed by atoms with Crippen LogP contribution in [0.4, 0.5) is 10.5 Å². The molecule has 2 aromatic carbocycles. The van der Waals surface area contributed by atoms with E-state index < -0.39 is 17.8 Å². The summed E-state index contributed by atoms with van der Waals surface area (Å²) in [4.78, 5) is 22.7. The van der Waals surface area contributed by atoms with Crippen molar-refractivity contribution in [1.82, 2.24) is 0 Å². The largest absolute Gasteiger partial charge is 0.507 e. The minimum Gasteiger partial charge on any atom is -0.507 e. The first kappa shape index (κ1) is 16.9. The summed E-state index contributed by atoms with van der Waals surface area (Å²) in [6, 6.07) is 8.25. The summed E-state index contributed by atoms with van der Waals surface area (Å²) < 4.78 is 15.3. The number of aromatic carboxylic acids is 1. The zero-order valence-electron chi connectivity index (χ0n) is 12.9. The van der Waals surface area contributed by atoms with Gasteiger partial charge in [-0.25, -0.2) is 9.59 Å². The zero-order valence-corrected chi connectivity index (χ0v) is 12.9. The fraction of sp³-hybridized carbons (Fsp3) is 0.125. The minimum atomic E-state index is -1.27. The number of rotatable bonds is 5. The predicted molar refractivity (Wildman–Crippen MR) is 84.3 cm³/mol. The number of ether oxygens (including phenoxy) is 3. The third-order valence-electron chi connectivity index (χ3n) is 3.05. The molecule has 0 aliphatic carbocycles. The highest BCUT2D eigenvalue weighted by Crippen LogP contribution is 2.31. The number of carbonyl (C=O) groups is 2. The van der Waals surface area contributed by atoms with Crippen LogP contribution < -0.4 is 19.5 Å². The Hall–Kier alpha value is -3.42. The van der Waals surface area contributed by atoms with Gasteiger partial charge in [0.25, 0.3) is 0 Å². The van der Waals surface area contributed by atoms with E-state index in [1.807, 2.05) is 0 Å². The van der Waals surface area contributed by atoms with E-state index >= 15 is 0 Å². The monoisotopic (exact) mass is 333 g/mol. The first-order chi connectivity index (χ1) is 11.4. The lowest BCUT2D eigenvalue weighted by atomic mass is 10.2. The summed E-state index contributed by atoms with van der Waals surface area (Å²) in [7, 11) is 2.91. The van der Waals surface area contributed by atoms with E-state index in [4.69, 9.17) is 19.3 Å². The molecule has 0 atom stereocenters. The lowest BCUT2D eigenvalue weighted by molar-refractivity contribution is 0.0693. The Morgan fingerprint density at radius 3 is 2.33 bits per heavy atom. The zero-order chi connectivity index (χ0) is 17.7. The Bertz CT molecular complexity index is 773. The quantitative estimate of drug-likeness (QED) is 0.770. The van der Waals surface area contributed by atoms with E-state index in [2.05, 4.69) is 5.32 Å². The van der Waals surface area contributed by atoms with Crippen LogP contribution in [0, 0.1) is 0 Å². The van der Waals surface area contributed by atoms with Crippen LogP contribution in [0.15, 0.2) is 36.4 Å². The summed E-state index contributed by atoms with van der Waals surface area (Å²) in [6.45, 7) is 0. The molecule has 0 spiro atoms. The molecule has 24 heavy (non-hydrogen) atoms. The van der Waals surface area contributed by atoms with Gasteiger partial charge >= 0.3 is 12.1 Å². The molecule has 0 aliphatic rings. The van der Waals surface area contributed by atoms with Gasteiger partial charge in [-0.3, -0.25) is 5.32 Å². The molecule has 0 fully saturated rings. The highest BCUT2D eigenvalue weighted by molar-refractivity contribution is 5.93. The summed E-state index contributed by atoms with van der Waals surface area (Å²) in [6.07, 6.45) is -0.832. The van der Waals surface area contributed by atoms with Gasteiger partial charge in [0.1, 0.15) is 17.1 Å². The normalized spacial score (nSPS) is 9.92. The van der Waals surface area contributed by atoms with Gasteiger partial charge in [0, 0.05) is 17.8 Å². The molecule has 1 amide bonds. The number of carboxylic acids is 1. The summed E-state index contributed by atoms with van der Waals surface area (Å²) in [5, 5.41) is 20.8. The second-order valence-electron chi connectivity index (χ2n) is 4.57. The number of hydrogen-bond donors (Lipinski definition) is 3. The molecule has 0 heterocycles. The van der Waals surface area contributed by atoms with Gasteiger partial charge in [-0.1, -0.05) is 0 Å². The Morgan fingerprint density at radius 2 is 1.75 bits per heavy atom. The molecule has 2 aromatic rings. The Morgan fingerprint density at radius 1 is 1.00 bits per heavy atom. The number of carbonyl (C=O) groups excluding carboxylic acids is 1. The molecule has 0 bridgehead atoms. The number of nitrogens with one attached hydrogen (secondary N) is 1. The lowest BCUT2D eigenvalue weighted by Crippen LogP contribution is -2.17. The SMILES string of the molecule is COc1ccc(OC(=O)Nc2ccc(C(=O)O)c(O)c2)c(OC)c1. The first-order valence-corrected chi connectivity index (χ1v) is 6.71. The third-order valence-corrected chi connectivity index (χ3v) is 3.05. The highest BCUT2D eigenvalue weighted by Gasteiger charge is 2.14. The van der Waals surface area contributed by atoms with Crippen molar-refractivity contribution in [2.45, 2.75) is 0 Å². The van der Waals surface area contributed by atoms with Crippen LogP contribution in [-0.2, 0) is 0 Å². The maximum absolute atomic E-state index is 11.9. The molecular formula is C16H15NO7. The first-order valence-electron chi connectivity index (χ1n) is 6.71. The number of amides is 1. The topological polar surface area (TPSA) is 114 Å². The number of benzene rings is 2. The molecule has 0 unspecified atom stereocenters. The average Bonchev–Trinajstić information content (AvgIpc) is 2.54. The maximum Gasteiger partial charge on any atom is 0.417 e. The summed E-state index contributed by atoms with van der Waals surface area (Å²) >= 11 is 0. The molecule has 2 rings (SSSR count). The number of phenols is 1. The molecule has 0 radical (unpaired) electrons. The van der Waals surface area contributed by atoms with E-state index in [0.29, 0.717) is 11.5 Å². The molecule has 0 aliphatic heterocycles. The van der Waals surface area contributed by atoms with Crippen molar-refractivity contribution < 1.29 is 34.0 Å². The van der Waals surface area contributed by atoms with Crippen LogP contribution in [0.1, 0.15) is 10.4 Å². The standard InChI is InChI=1S/C16H15NO7/c1-22-10-4-6-13(14(8-10)23-2)24-16(21)17-9-3-5-11(15(19)20)12(18)7-9/h3-8,18H,1-2H3,(H,17,21)(H,19,20). The van der Waals surface area contributed by atoms with Crippen molar-refractivity contribution >= 4 is 17.7 Å². The van der Waals surface area contributed by atoms with Crippen LogP contribution in [0.25, 0.3) is 0 Å². The fourth-order valence-corrected chi connectivity index (χ4v) is 1.89. The lowest BCUT2D eigenvalue weighted by Gasteiger charge is -2.11. The Labute approximate surface area is 137 Å². The van der Waals surface area contributed by atoms with Crippen molar-refractivity contribution in [2.75, 3.05) is 19.5 Å². The number of anilines is 1. The van der Waals surface area contributed by atoms with Crippen molar-refractivity contribution in [1.29, 1.82) is 0 Å². The van der Waals surface area contributed by atoms with Gasteiger partial charge < -0.3 is 24.4 Å². The Kier molecular flexibility index (Phi) is 5.10. The molecule has 8 nitrogen and oxygen atoms in total. The highest BCUT2D eigenvalue weighted by atomic mass is 16.6. The van der Waals surface area contributed by atoms with Crippen molar-refractivity contribution in [3.8, 4) is 23.0 Å². The molecule has 8 heteroatoms. The number of methoxy groups -OCH3 is 2. The molecule has 0 saturated heterocycles. The van der Waals surface area contributed by atoms with Crippen molar-refractivity contribution in [2.24, 2.45) is 0 Å². The van der Waals surface area contributed by atoms with Gasteiger partial charge in [-0.05, 0) is 24.3 Å². The number of carboxylic acid groups (broad SMARTS) is 1. The summed E-state index contributed by atoms with van der Waals surface area (Å²) in [5.41, 5.74) is -0.0966. The van der Waals surface area contributed by atoms with Crippen molar-refractivity contribution in [3.05, 3.63) is 42.0 Å². The smallest absolute Gasteiger partial charge is 0.417 e. The van der Waals surface area contributed by atoms with E-state index in [1.165, 1.54) is 32.4 Å². The van der Waals surface area contributed by atoms with Crippen LogP contribution >= 0.6 is 0 Å². The van der Waals surface area contributed by atoms with Crippen LogP contribution in [0.2, 0.25) is 0 Å². The molecule has 126 valence electrons. The van der Waals surface area contributed by atoms with E-state index in [9.17, 15) is 14.7 Å². The minimum absolute atomic E-state index is 0.169. The molecule has 0 saturated carbocycles. The number of hydrogen-bond acceptors (Lipinski definition) is 6. The maximum atomic E-state index is 11.9. The van der Waals surface area contributed by atoms with Gasteiger partial charge in [0.05, 0.1) is 14.2 Å². The number of aromatic hydroxyl groups is 1. The molecule has 3 N–H and O–H groups in total. The van der Waals surface area contributed by atoms with Crippen molar-refractivity contribution in [3.63, 3.8) is 0 Å². The van der Waals surface area contributed by atoms with E-state index in [-0.39, 0.29) is 17.0 Å². The average molecular weight is 333 g/mol. The van der Waals surface area contributed by atoms with E-state index in [1.54, 1.807) is 12.1 Å². The van der Waals surface area contributed by atoms with Gasteiger partial charge in [-0.2, -0.15) is 0 Å². The third kappa shape index (κ3) is 3.86. The predicted octanol–water partition coefficient (Wildman–Crippen LogP) is 2.72. The second kappa shape index (κ2) is 7.23. The van der Waals surface area contributed by atoms with Crippen LogP contribution in [0.3, 0.4) is 0 Å².